The number of nitrogens with zero attached hydrogens (tertiary/aromatic N) is 3. The molecule has 18 heavy (non-hydrogen) atoms. The number of rotatable bonds is 2. The van der Waals surface area contributed by atoms with Gasteiger partial charge in [0, 0.05) is 19.3 Å². The lowest BCUT2D eigenvalue weighted by Crippen LogP contribution is -2.30. The van der Waals surface area contributed by atoms with Gasteiger partial charge in [-0.05, 0) is 12.1 Å². The molecule has 1 saturated heterocycles. The van der Waals surface area contributed by atoms with Crippen molar-refractivity contribution in [2.75, 3.05) is 13.1 Å². The smallest absolute Gasteiger partial charge is 0.244 e. The minimum Gasteiger partial charge on any atom is -0.389 e. The van der Waals surface area contributed by atoms with Crippen LogP contribution in [0.1, 0.15) is 5.69 Å². The van der Waals surface area contributed by atoms with Crippen molar-refractivity contribution < 1.29 is 18.6 Å². The van der Waals surface area contributed by atoms with Gasteiger partial charge in [-0.25, -0.2) is 13.4 Å². The van der Waals surface area contributed by atoms with Gasteiger partial charge in [0.05, 0.1) is 12.2 Å². The fourth-order valence-corrected chi connectivity index (χ4v) is 3.10. The van der Waals surface area contributed by atoms with Crippen LogP contribution in [-0.4, -0.2) is 53.2 Å². The molecule has 2 heterocycles. The van der Waals surface area contributed by atoms with E-state index in [1.54, 1.807) is 6.07 Å². The summed E-state index contributed by atoms with van der Waals surface area (Å²) < 4.78 is 25.2. The highest BCUT2D eigenvalue weighted by Crippen LogP contribution is 2.20. The van der Waals surface area contributed by atoms with Crippen LogP contribution >= 0.6 is 0 Å². The molecule has 2 rings (SSSR count). The van der Waals surface area contributed by atoms with Crippen molar-refractivity contribution in [3.63, 3.8) is 0 Å². The van der Waals surface area contributed by atoms with E-state index >= 15 is 0 Å². The van der Waals surface area contributed by atoms with Crippen LogP contribution in [0.3, 0.4) is 0 Å². The van der Waals surface area contributed by atoms with Gasteiger partial charge < -0.3 is 10.2 Å². The maximum Gasteiger partial charge on any atom is 0.244 e. The highest BCUT2D eigenvalue weighted by Gasteiger charge is 2.37. The first kappa shape index (κ1) is 12.9. The standard InChI is InChI=1S/C10H11N3O4S/c11-3-7-1-2-8(4-12-7)18(16,17)13-5-9(14)10(15)6-13/h1-2,4,9-10,14-15H,5-6H2. The number of sulfonamides is 1. The highest BCUT2D eigenvalue weighted by molar-refractivity contribution is 7.89. The fraction of sp³-hybridized carbons (Fsp3) is 0.400. The zero-order valence-electron chi connectivity index (χ0n) is 9.26. The number of hydrogen-bond donors (Lipinski definition) is 2. The maximum atomic E-state index is 12.1. The Hall–Kier alpha value is -1.53. The first-order valence-electron chi connectivity index (χ1n) is 5.17. The van der Waals surface area contributed by atoms with Crippen LogP contribution in [0.2, 0.25) is 0 Å². The second kappa shape index (κ2) is 4.62. The summed E-state index contributed by atoms with van der Waals surface area (Å²) >= 11 is 0. The molecule has 1 aromatic heterocycles. The Kier molecular flexibility index (Phi) is 3.32. The molecule has 1 aliphatic heterocycles. The second-order valence-electron chi connectivity index (χ2n) is 3.95. The average Bonchev–Trinajstić information content (AvgIpc) is 2.70. The quantitative estimate of drug-likeness (QED) is 0.688. The third-order valence-corrected chi connectivity index (χ3v) is 4.53. The molecule has 0 bridgehead atoms. The van der Waals surface area contributed by atoms with E-state index in [9.17, 15) is 18.6 Å². The molecule has 0 aromatic carbocycles. The SMILES string of the molecule is N#Cc1ccc(S(=O)(=O)N2CC(O)C(O)C2)cn1. The molecule has 1 aromatic rings. The van der Waals surface area contributed by atoms with Crippen LogP contribution in [0.25, 0.3) is 0 Å². The van der Waals surface area contributed by atoms with Crippen LogP contribution in [-0.2, 0) is 10.0 Å². The van der Waals surface area contributed by atoms with Crippen LogP contribution in [0.4, 0.5) is 0 Å². The molecule has 2 N–H and O–H groups in total. The lowest BCUT2D eigenvalue weighted by molar-refractivity contribution is 0.0572. The van der Waals surface area contributed by atoms with Gasteiger partial charge in [0.25, 0.3) is 0 Å². The predicted octanol–water partition coefficient (Wildman–Crippen LogP) is -1.32. The zero-order chi connectivity index (χ0) is 13.3. The van der Waals surface area contributed by atoms with Gasteiger partial charge in [0.1, 0.15) is 16.7 Å². The Labute approximate surface area is 104 Å². The lowest BCUT2D eigenvalue weighted by atomic mass is 10.3. The highest BCUT2D eigenvalue weighted by atomic mass is 32.2. The van der Waals surface area contributed by atoms with Crippen LogP contribution < -0.4 is 0 Å². The first-order chi connectivity index (χ1) is 8.45. The molecule has 0 amide bonds. The summed E-state index contributed by atoms with van der Waals surface area (Å²) in [6.07, 6.45) is -1.07. The third kappa shape index (κ3) is 2.21. The molecule has 8 heteroatoms. The molecule has 96 valence electrons. The van der Waals surface area contributed by atoms with Crippen molar-refractivity contribution in [2.24, 2.45) is 0 Å². The van der Waals surface area contributed by atoms with E-state index in [1.807, 2.05) is 0 Å². The lowest BCUT2D eigenvalue weighted by Gasteiger charge is -2.14. The van der Waals surface area contributed by atoms with Crippen LogP contribution in [0.15, 0.2) is 23.2 Å². The molecule has 0 radical (unpaired) electrons. The predicted molar refractivity (Wildman–Crippen MR) is 59.7 cm³/mol. The van der Waals surface area contributed by atoms with Crippen molar-refractivity contribution in [2.45, 2.75) is 17.1 Å². The minimum absolute atomic E-state index is 0.0669. The number of β-amino-alcohol motifs (C(OH)–C–C–N with tert-alkyl or cyclic N) is 2. The van der Waals surface area contributed by atoms with Crippen LogP contribution in [0.5, 0.6) is 0 Å². The van der Waals surface area contributed by atoms with Crippen molar-refractivity contribution in [3.8, 4) is 6.07 Å². The summed E-state index contributed by atoms with van der Waals surface area (Å²) in [4.78, 5) is 3.61. The molecule has 2 atom stereocenters. The number of pyridine rings is 1. The van der Waals surface area contributed by atoms with Crippen molar-refractivity contribution in [1.82, 2.24) is 9.29 Å². The van der Waals surface area contributed by atoms with Crippen LogP contribution in [0, 0.1) is 11.3 Å². The fourth-order valence-electron chi connectivity index (χ4n) is 1.68. The van der Waals surface area contributed by atoms with E-state index in [2.05, 4.69) is 4.98 Å². The van der Waals surface area contributed by atoms with Gasteiger partial charge in [0.2, 0.25) is 10.0 Å². The summed E-state index contributed by atoms with van der Waals surface area (Å²) in [5.41, 5.74) is 0.121. The van der Waals surface area contributed by atoms with Gasteiger partial charge in [0.15, 0.2) is 0 Å². The van der Waals surface area contributed by atoms with Gasteiger partial charge in [-0.3, -0.25) is 0 Å². The van der Waals surface area contributed by atoms with Crippen molar-refractivity contribution in [3.05, 3.63) is 24.0 Å². The largest absolute Gasteiger partial charge is 0.389 e. The van der Waals surface area contributed by atoms with Gasteiger partial charge in [-0.15, -0.1) is 0 Å². The Morgan fingerprint density at radius 1 is 1.33 bits per heavy atom. The third-order valence-electron chi connectivity index (χ3n) is 2.71. The summed E-state index contributed by atoms with van der Waals surface area (Å²) in [5.74, 6) is 0. The molecule has 0 aliphatic carbocycles. The molecule has 1 aliphatic rings. The van der Waals surface area contributed by atoms with Crippen molar-refractivity contribution in [1.29, 1.82) is 5.26 Å². The Morgan fingerprint density at radius 3 is 2.39 bits per heavy atom. The molecule has 2 unspecified atom stereocenters. The normalized spacial score (nSPS) is 24.9. The van der Waals surface area contributed by atoms with E-state index in [-0.39, 0.29) is 23.7 Å². The molecular weight excluding hydrogens is 258 g/mol. The number of aliphatic hydroxyl groups is 2. The summed E-state index contributed by atoms with van der Waals surface area (Å²) in [6.45, 7) is -0.299. The molecule has 0 spiro atoms. The first-order valence-corrected chi connectivity index (χ1v) is 6.61. The van der Waals surface area contributed by atoms with E-state index < -0.39 is 22.2 Å². The molecular formula is C10H11N3O4S. The summed E-state index contributed by atoms with van der Waals surface area (Å²) in [5, 5.41) is 27.3. The zero-order valence-corrected chi connectivity index (χ0v) is 10.1. The Balaban J connectivity index is 2.29. The Bertz CT molecular complexity index is 568. The summed E-state index contributed by atoms with van der Waals surface area (Å²) in [7, 11) is -3.79. The second-order valence-corrected chi connectivity index (χ2v) is 5.89. The van der Waals surface area contributed by atoms with Crippen molar-refractivity contribution >= 4 is 10.0 Å². The van der Waals surface area contributed by atoms with E-state index in [4.69, 9.17) is 5.26 Å². The van der Waals surface area contributed by atoms with E-state index in [0.717, 1.165) is 10.5 Å². The van der Waals surface area contributed by atoms with Gasteiger partial charge in [-0.2, -0.15) is 9.57 Å². The van der Waals surface area contributed by atoms with E-state index in [1.165, 1.54) is 12.1 Å². The van der Waals surface area contributed by atoms with E-state index in [0.29, 0.717) is 0 Å². The molecule has 7 nitrogen and oxygen atoms in total. The number of hydrogen-bond acceptors (Lipinski definition) is 6. The van der Waals surface area contributed by atoms with Gasteiger partial charge >= 0.3 is 0 Å². The molecule has 0 saturated carbocycles. The monoisotopic (exact) mass is 269 g/mol. The average molecular weight is 269 g/mol. The topological polar surface area (TPSA) is 115 Å². The maximum absolute atomic E-state index is 12.1. The Morgan fingerprint density at radius 2 is 1.94 bits per heavy atom. The summed E-state index contributed by atoms with van der Waals surface area (Å²) in [6, 6.07) is 4.37. The minimum atomic E-state index is -3.79. The number of nitriles is 1. The molecule has 1 fully saturated rings. The van der Waals surface area contributed by atoms with Gasteiger partial charge in [-0.1, -0.05) is 0 Å². The number of aliphatic hydroxyl groups excluding tert-OH is 2. The number of aromatic nitrogens is 1.